The number of unbranched alkanes of at least 4 members (excludes halogenated alkanes) is 16. The van der Waals surface area contributed by atoms with Gasteiger partial charge in [-0.3, -0.25) is 33.7 Å². The predicted octanol–water partition coefficient (Wildman–Crippen LogP) is 11.5. The van der Waals surface area contributed by atoms with E-state index in [0.717, 1.165) is 142 Å². The summed E-state index contributed by atoms with van der Waals surface area (Å²) in [5.41, 5.74) is -3.25. The number of carbonyl (C=O) groups is 6. The molecule has 0 saturated carbocycles. The Morgan fingerprint density at radius 3 is 1.59 bits per heavy atom. The van der Waals surface area contributed by atoms with Crippen LogP contribution in [0.5, 0.6) is 0 Å². The van der Waals surface area contributed by atoms with Crippen LogP contribution in [0.15, 0.2) is 0 Å². The van der Waals surface area contributed by atoms with E-state index in [-0.39, 0.29) is 50.9 Å². The lowest BCUT2D eigenvalue weighted by atomic mass is 9.57. The topological polar surface area (TPSA) is 195 Å². The van der Waals surface area contributed by atoms with E-state index in [0.29, 0.717) is 19.8 Å². The van der Waals surface area contributed by atoms with Crippen LogP contribution in [0.3, 0.4) is 0 Å². The van der Waals surface area contributed by atoms with E-state index in [1.165, 1.54) is 25.7 Å². The summed E-state index contributed by atoms with van der Waals surface area (Å²) in [5, 5.41) is 24.3. The maximum absolute atomic E-state index is 14.7. The van der Waals surface area contributed by atoms with Crippen molar-refractivity contribution in [3.63, 3.8) is 0 Å². The average Bonchev–Trinajstić information content (AvgIpc) is 3.31. The molecule has 0 aliphatic carbocycles. The second-order valence-corrected chi connectivity index (χ2v) is 20.8. The minimum Gasteiger partial charge on any atom is -0.481 e. The average molecular weight is 981 g/mol. The van der Waals surface area contributed by atoms with Crippen LogP contribution in [0.25, 0.3) is 0 Å². The zero-order valence-electron chi connectivity index (χ0n) is 44.5. The Hall–Kier alpha value is -3.26. The molecule has 0 radical (unpaired) electrons. The van der Waals surface area contributed by atoms with Gasteiger partial charge in [-0.1, -0.05) is 183 Å². The summed E-state index contributed by atoms with van der Waals surface area (Å²) in [7, 11) is 0. The molecular formula is C55H100N2O12. The fraction of sp³-hybridized carbons (Fsp3) is 0.891. The quantitative estimate of drug-likeness (QED) is 0.0226. The number of hydrogen-bond acceptors (Lipinski definition) is 11. The van der Waals surface area contributed by atoms with E-state index in [9.17, 15) is 39.0 Å². The van der Waals surface area contributed by atoms with E-state index in [2.05, 4.69) is 37.9 Å². The summed E-state index contributed by atoms with van der Waals surface area (Å²) in [6.45, 7) is 15.1. The first-order valence-corrected chi connectivity index (χ1v) is 27.6. The summed E-state index contributed by atoms with van der Waals surface area (Å²) in [6.07, 6.45) is 23.6. The van der Waals surface area contributed by atoms with Gasteiger partial charge in [0.1, 0.15) is 13.0 Å². The number of rotatable bonds is 45. The third-order valence-electron chi connectivity index (χ3n) is 14.1. The van der Waals surface area contributed by atoms with Crippen molar-refractivity contribution < 1.29 is 57.9 Å². The summed E-state index contributed by atoms with van der Waals surface area (Å²) in [4.78, 5) is 82.5. The van der Waals surface area contributed by atoms with Crippen molar-refractivity contribution in [2.24, 2.45) is 28.6 Å². The molecule has 3 N–H and O–H groups in total. The van der Waals surface area contributed by atoms with Crippen LogP contribution in [0.2, 0.25) is 0 Å². The Bertz CT molecular complexity index is 1400. The minimum atomic E-state index is -1.88. The number of nitrogens with zero attached hydrogens (tertiary/aromatic N) is 1. The van der Waals surface area contributed by atoms with Gasteiger partial charge < -0.3 is 34.5 Å². The number of carboxylic acids is 2. The molecule has 402 valence electrons. The van der Waals surface area contributed by atoms with Crippen molar-refractivity contribution in [3.8, 4) is 0 Å². The van der Waals surface area contributed by atoms with Gasteiger partial charge in [-0.2, -0.15) is 0 Å². The smallest absolute Gasteiger partial charge is 0.317 e. The molecule has 14 nitrogen and oxygen atoms in total. The van der Waals surface area contributed by atoms with Crippen molar-refractivity contribution in [1.82, 2.24) is 10.2 Å². The zero-order valence-corrected chi connectivity index (χ0v) is 44.5. The van der Waals surface area contributed by atoms with Gasteiger partial charge in [0.05, 0.1) is 44.2 Å². The second kappa shape index (κ2) is 39.4. The van der Waals surface area contributed by atoms with Crippen LogP contribution in [0, 0.1) is 28.6 Å². The maximum atomic E-state index is 14.7. The summed E-state index contributed by atoms with van der Waals surface area (Å²) < 4.78 is 22.3. The number of amides is 1. The molecule has 0 bridgehead atoms. The van der Waals surface area contributed by atoms with Crippen LogP contribution in [0.1, 0.15) is 228 Å². The third-order valence-corrected chi connectivity index (χ3v) is 14.1. The van der Waals surface area contributed by atoms with Crippen molar-refractivity contribution in [2.75, 3.05) is 59.2 Å². The van der Waals surface area contributed by atoms with Crippen LogP contribution in [-0.2, 0) is 47.7 Å². The van der Waals surface area contributed by atoms with Crippen molar-refractivity contribution in [2.45, 2.75) is 228 Å². The summed E-state index contributed by atoms with van der Waals surface area (Å²) in [6, 6.07) is 0. The van der Waals surface area contributed by atoms with Gasteiger partial charge in [-0.05, 0) is 37.5 Å². The number of carbonyl (C=O) groups excluding carboxylic acids is 4. The standard InChI is InChI=1S/C55H100N2O12/c1-7-11-15-19-21-25-28-45(27-23-17-13-9-3)42-55(53(64)65,33-31-47(58)59)51(52(63)56-34-32-48(60)67-40-37-57-35-38-66-39-36-57)54(5,6)44-69-50(62)41-49(61)68-43-46(29-24-18-14-10-4)30-26-22-20-16-12-8-2/h45-46,51H,7-44H2,1-6H3,(H,56,63)(H,58,59)(H,64,65). The van der Waals surface area contributed by atoms with Gasteiger partial charge in [0.2, 0.25) is 5.91 Å². The largest absolute Gasteiger partial charge is 0.481 e. The monoisotopic (exact) mass is 981 g/mol. The molecule has 0 aromatic rings. The van der Waals surface area contributed by atoms with Crippen molar-refractivity contribution >= 4 is 35.8 Å². The molecule has 0 spiro atoms. The number of morpholine rings is 1. The minimum absolute atomic E-state index is 0.0560. The van der Waals surface area contributed by atoms with Gasteiger partial charge in [0.15, 0.2) is 0 Å². The van der Waals surface area contributed by atoms with E-state index in [1.807, 2.05) is 0 Å². The van der Waals surface area contributed by atoms with Gasteiger partial charge >= 0.3 is 29.8 Å². The highest BCUT2D eigenvalue weighted by atomic mass is 16.6. The Labute approximate surface area is 418 Å². The molecule has 1 heterocycles. The number of nitrogens with one attached hydrogen (secondary N) is 1. The highest BCUT2D eigenvalue weighted by molar-refractivity contribution is 5.91. The van der Waals surface area contributed by atoms with E-state index in [1.54, 1.807) is 13.8 Å². The molecule has 1 amide bonds. The van der Waals surface area contributed by atoms with Crippen LogP contribution in [-0.4, -0.2) is 110 Å². The molecule has 4 unspecified atom stereocenters. The lowest BCUT2D eigenvalue weighted by Crippen LogP contribution is -2.55. The van der Waals surface area contributed by atoms with E-state index < -0.39 is 72.0 Å². The van der Waals surface area contributed by atoms with Gasteiger partial charge in [0.25, 0.3) is 0 Å². The van der Waals surface area contributed by atoms with Crippen LogP contribution < -0.4 is 5.32 Å². The third kappa shape index (κ3) is 29.6. The second-order valence-electron chi connectivity index (χ2n) is 20.8. The molecular weight excluding hydrogens is 881 g/mol. The van der Waals surface area contributed by atoms with Crippen molar-refractivity contribution in [1.29, 1.82) is 0 Å². The molecule has 1 aliphatic rings. The first kappa shape index (κ1) is 63.8. The highest BCUT2D eigenvalue weighted by Gasteiger charge is 2.56. The first-order chi connectivity index (χ1) is 33.1. The van der Waals surface area contributed by atoms with Gasteiger partial charge in [-0.25, -0.2) is 0 Å². The Balaban J connectivity index is 3.39. The molecule has 4 atom stereocenters. The Morgan fingerprint density at radius 1 is 0.609 bits per heavy atom. The number of esters is 3. The van der Waals surface area contributed by atoms with E-state index >= 15 is 0 Å². The molecule has 1 rings (SSSR count). The molecule has 0 aromatic carbocycles. The SMILES string of the molecule is CCCCCCCCC(CCCCCC)COC(=O)CC(=O)OCC(C)(C)C(C(=O)NCCC(=O)OCCN1CCOCC1)C(CCC(=O)O)(CC(CCCCCC)CCCCCCCC)C(=O)O. The molecule has 1 aliphatic heterocycles. The fourth-order valence-corrected chi connectivity index (χ4v) is 10.0. The molecule has 1 fully saturated rings. The zero-order chi connectivity index (χ0) is 51.2. The summed E-state index contributed by atoms with van der Waals surface area (Å²) in [5.74, 6) is -6.53. The molecule has 14 heteroatoms. The number of aliphatic carboxylic acids is 2. The van der Waals surface area contributed by atoms with E-state index in [4.69, 9.17) is 18.9 Å². The lowest BCUT2D eigenvalue weighted by molar-refractivity contribution is -0.171. The highest BCUT2D eigenvalue weighted by Crippen LogP contribution is 2.50. The molecule has 1 saturated heterocycles. The fourth-order valence-electron chi connectivity index (χ4n) is 10.0. The first-order valence-electron chi connectivity index (χ1n) is 27.6. The van der Waals surface area contributed by atoms with Crippen molar-refractivity contribution in [3.05, 3.63) is 0 Å². The van der Waals surface area contributed by atoms with Crippen LogP contribution >= 0.6 is 0 Å². The molecule has 69 heavy (non-hydrogen) atoms. The lowest BCUT2D eigenvalue weighted by Gasteiger charge is -2.46. The summed E-state index contributed by atoms with van der Waals surface area (Å²) >= 11 is 0. The van der Waals surface area contributed by atoms with Gasteiger partial charge in [0, 0.05) is 38.0 Å². The Morgan fingerprint density at radius 2 is 1.09 bits per heavy atom. The number of hydrogen-bond donors (Lipinski definition) is 3. The number of carboxylic acid groups (broad SMARTS) is 2. The van der Waals surface area contributed by atoms with Crippen LogP contribution in [0.4, 0.5) is 0 Å². The Kier molecular flexibility index (Phi) is 36.4. The van der Waals surface area contributed by atoms with Gasteiger partial charge in [-0.15, -0.1) is 0 Å². The molecule has 0 aromatic heterocycles. The maximum Gasteiger partial charge on any atom is 0.317 e. The normalized spacial score (nSPS) is 15.4. The number of ether oxygens (including phenoxy) is 4. The predicted molar refractivity (Wildman–Crippen MR) is 272 cm³/mol.